The van der Waals surface area contributed by atoms with Gasteiger partial charge in [-0.2, -0.15) is 0 Å². The van der Waals surface area contributed by atoms with Crippen molar-refractivity contribution in [3.05, 3.63) is 29.6 Å². The average Bonchev–Trinajstić information content (AvgIpc) is 2.55. The van der Waals surface area contributed by atoms with E-state index in [4.69, 9.17) is 5.73 Å². The molecule has 1 aliphatic heterocycles. The van der Waals surface area contributed by atoms with E-state index >= 15 is 0 Å². The van der Waals surface area contributed by atoms with Crippen LogP contribution in [0.25, 0.3) is 0 Å². The molecule has 0 radical (unpaired) electrons. The molecule has 1 fully saturated rings. The standard InChI is InChI=1S/C13H17FN2O/c1-8-3-9(2)16(7-8)13(17)10-4-11(14)6-12(15)5-10/h4-6,8-9H,3,7,15H2,1-2H3. The number of hydrogen-bond acceptors (Lipinski definition) is 2. The van der Waals surface area contributed by atoms with Crippen LogP contribution in [0.2, 0.25) is 0 Å². The van der Waals surface area contributed by atoms with E-state index in [0.717, 1.165) is 13.0 Å². The fourth-order valence-corrected chi connectivity index (χ4v) is 2.48. The molecule has 1 amide bonds. The lowest BCUT2D eigenvalue weighted by Crippen LogP contribution is -2.34. The fraction of sp³-hybridized carbons (Fsp3) is 0.462. The van der Waals surface area contributed by atoms with E-state index in [-0.39, 0.29) is 17.6 Å². The normalized spacial score (nSPS) is 24.1. The summed E-state index contributed by atoms with van der Waals surface area (Å²) in [5.74, 6) is -0.0962. The molecule has 0 bridgehead atoms. The summed E-state index contributed by atoms with van der Waals surface area (Å²) in [6, 6.07) is 4.20. The molecule has 0 spiro atoms. The summed E-state index contributed by atoms with van der Waals surface area (Å²) in [4.78, 5) is 14.0. The van der Waals surface area contributed by atoms with Gasteiger partial charge in [0.2, 0.25) is 0 Å². The van der Waals surface area contributed by atoms with Crippen molar-refractivity contribution in [3.63, 3.8) is 0 Å². The second kappa shape index (κ2) is 4.35. The van der Waals surface area contributed by atoms with Gasteiger partial charge < -0.3 is 10.6 Å². The Balaban J connectivity index is 2.25. The first kappa shape index (κ1) is 11.9. The molecule has 1 aliphatic rings. The Labute approximate surface area is 100 Å². The molecule has 0 aliphatic carbocycles. The summed E-state index contributed by atoms with van der Waals surface area (Å²) in [6.07, 6.45) is 0.997. The van der Waals surface area contributed by atoms with Gasteiger partial charge in [-0.25, -0.2) is 4.39 Å². The molecule has 1 aromatic carbocycles. The van der Waals surface area contributed by atoms with Crippen molar-refractivity contribution in [1.29, 1.82) is 0 Å². The van der Waals surface area contributed by atoms with Gasteiger partial charge in [-0.15, -0.1) is 0 Å². The second-order valence-electron chi connectivity index (χ2n) is 4.92. The molecular weight excluding hydrogens is 219 g/mol. The third kappa shape index (κ3) is 2.40. The van der Waals surface area contributed by atoms with Crippen molar-refractivity contribution >= 4 is 11.6 Å². The average molecular weight is 236 g/mol. The third-order valence-electron chi connectivity index (χ3n) is 3.21. The van der Waals surface area contributed by atoms with Gasteiger partial charge >= 0.3 is 0 Å². The maximum absolute atomic E-state index is 13.2. The summed E-state index contributed by atoms with van der Waals surface area (Å²) in [5, 5.41) is 0. The Bertz CT molecular complexity index is 427. The van der Waals surface area contributed by atoms with Crippen LogP contribution in [0.5, 0.6) is 0 Å². The highest BCUT2D eigenvalue weighted by atomic mass is 19.1. The van der Waals surface area contributed by atoms with E-state index in [1.54, 1.807) is 4.90 Å². The van der Waals surface area contributed by atoms with Crippen LogP contribution in [0.15, 0.2) is 18.2 Å². The van der Waals surface area contributed by atoms with Crippen molar-refractivity contribution in [2.45, 2.75) is 26.3 Å². The quantitative estimate of drug-likeness (QED) is 0.760. The predicted octanol–water partition coefficient (Wildman–Crippen LogP) is 2.28. The number of likely N-dealkylation sites (tertiary alicyclic amines) is 1. The first-order chi connectivity index (χ1) is 7.97. The van der Waals surface area contributed by atoms with Gasteiger partial charge in [0, 0.05) is 23.8 Å². The SMILES string of the molecule is CC1CC(C)N(C(=O)c2cc(N)cc(F)c2)C1. The van der Waals surface area contributed by atoms with Crippen LogP contribution < -0.4 is 5.73 Å². The molecule has 17 heavy (non-hydrogen) atoms. The van der Waals surface area contributed by atoms with Gasteiger partial charge in [-0.05, 0) is 37.5 Å². The topological polar surface area (TPSA) is 46.3 Å². The Morgan fingerprint density at radius 2 is 2.12 bits per heavy atom. The zero-order valence-corrected chi connectivity index (χ0v) is 10.1. The number of nitrogens with two attached hydrogens (primary N) is 1. The Kier molecular flexibility index (Phi) is 3.05. The van der Waals surface area contributed by atoms with E-state index in [1.165, 1.54) is 18.2 Å². The van der Waals surface area contributed by atoms with Gasteiger partial charge in [-0.3, -0.25) is 4.79 Å². The van der Waals surface area contributed by atoms with Crippen molar-refractivity contribution < 1.29 is 9.18 Å². The second-order valence-corrected chi connectivity index (χ2v) is 4.92. The van der Waals surface area contributed by atoms with Gasteiger partial charge in [0.25, 0.3) is 5.91 Å². The number of carbonyl (C=O) groups excluding carboxylic acids is 1. The number of amides is 1. The van der Waals surface area contributed by atoms with E-state index in [0.29, 0.717) is 11.5 Å². The highest BCUT2D eigenvalue weighted by molar-refractivity contribution is 5.95. The minimum atomic E-state index is -0.465. The lowest BCUT2D eigenvalue weighted by Gasteiger charge is -2.21. The molecule has 1 saturated heterocycles. The summed E-state index contributed by atoms with van der Waals surface area (Å²) in [6.45, 7) is 4.87. The van der Waals surface area contributed by atoms with Crippen molar-refractivity contribution in [2.75, 3.05) is 12.3 Å². The van der Waals surface area contributed by atoms with E-state index in [2.05, 4.69) is 6.92 Å². The highest BCUT2D eigenvalue weighted by Crippen LogP contribution is 2.25. The van der Waals surface area contributed by atoms with Gasteiger partial charge in [0.05, 0.1) is 0 Å². The summed E-state index contributed by atoms with van der Waals surface area (Å²) >= 11 is 0. The molecule has 1 aromatic rings. The molecule has 0 aromatic heterocycles. The Hall–Kier alpha value is -1.58. The first-order valence-electron chi connectivity index (χ1n) is 5.84. The maximum atomic E-state index is 13.2. The number of nitrogens with zero attached hydrogens (tertiary/aromatic N) is 1. The molecule has 0 saturated carbocycles. The first-order valence-corrected chi connectivity index (χ1v) is 5.84. The molecule has 3 nitrogen and oxygen atoms in total. The molecule has 92 valence electrons. The van der Waals surface area contributed by atoms with Crippen LogP contribution in [0.4, 0.5) is 10.1 Å². The van der Waals surface area contributed by atoms with E-state index in [1.807, 2.05) is 6.92 Å². The summed E-state index contributed by atoms with van der Waals surface area (Å²) in [7, 11) is 0. The van der Waals surface area contributed by atoms with Crippen LogP contribution in [0, 0.1) is 11.7 Å². The zero-order chi connectivity index (χ0) is 12.6. The minimum absolute atomic E-state index is 0.131. The molecule has 2 rings (SSSR count). The van der Waals surface area contributed by atoms with Crippen LogP contribution in [-0.2, 0) is 0 Å². The number of anilines is 1. The third-order valence-corrected chi connectivity index (χ3v) is 3.21. The van der Waals surface area contributed by atoms with Gasteiger partial charge in [-0.1, -0.05) is 6.92 Å². The molecular formula is C13H17FN2O. The van der Waals surface area contributed by atoms with E-state index < -0.39 is 5.82 Å². The van der Waals surface area contributed by atoms with Crippen LogP contribution in [0.3, 0.4) is 0 Å². The molecule has 2 unspecified atom stereocenters. The molecule has 1 heterocycles. The van der Waals surface area contributed by atoms with Gasteiger partial charge in [0.1, 0.15) is 5.82 Å². The number of nitrogen functional groups attached to an aromatic ring is 1. The minimum Gasteiger partial charge on any atom is -0.399 e. The number of hydrogen-bond donors (Lipinski definition) is 1. The summed E-state index contributed by atoms with van der Waals surface area (Å²) in [5.41, 5.74) is 6.17. The highest BCUT2D eigenvalue weighted by Gasteiger charge is 2.30. The van der Waals surface area contributed by atoms with E-state index in [9.17, 15) is 9.18 Å². The summed E-state index contributed by atoms with van der Waals surface area (Å²) < 4.78 is 13.2. The van der Waals surface area contributed by atoms with Crippen LogP contribution in [0.1, 0.15) is 30.6 Å². The smallest absolute Gasteiger partial charge is 0.254 e. The zero-order valence-electron chi connectivity index (χ0n) is 10.1. The number of rotatable bonds is 1. The predicted molar refractivity (Wildman–Crippen MR) is 65.1 cm³/mol. The molecule has 2 N–H and O–H groups in total. The van der Waals surface area contributed by atoms with Crippen molar-refractivity contribution in [3.8, 4) is 0 Å². The van der Waals surface area contributed by atoms with Crippen molar-refractivity contribution in [2.24, 2.45) is 5.92 Å². The largest absolute Gasteiger partial charge is 0.399 e. The Morgan fingerprint density at radius 3 is 2.65 bits per heavy atom. The number of benzene rings is 1. The van der Waals surface area contributed by atoms with Crippen LogP contribution in [-0.4, -0.2) is 23.4 Å². The number of halogens is 1. The monoisotopic (exact) mass is 236 g/mol. The fourth-order valence-electron chi connectivity index (χ4n) is 2.48. The lowest BCUT2D eigenvalue weighted by atomic mass is 10.1. The molecule has 4 heteroatoms. The van der Waals surface area contributed by atoms with Gasteiger partial charge in [0.15, 0.2) is 0 Å². The van der Waals surface area contributed by atoms with Crippen molar-refractivity contribution in [1.82, 2.24) is 4.90 Å². The number of carbonyl (C=O) groups is 1. The Morgan fingerprint density at radius 1 is 1.41 bits per heavy atom. The van der Waals surface area contributed by atoms with Crippen LogP contribution >= 0.6 is 0 Å². The molecule has 2 atom stereocenters. The lowest BCUT2D eigenvalue weighted by molar-refractivity contribution is 0.0743. The maximum Gasteiger partial charge on any atom is 0.254 e.